The number of carbonyl (C=O) groups is 1. The Labute approximate surface area is 112 Å². The van der Waals surface area contributed by atoms with Crippen molar-refractivity contribution in [3.63, 3.8) is 0 Å². The summed E-state index contributed by atoms with van der Waals surface area (Å²) < 4.78 is 30.7. The molecule has 0 radical (unpaired) electrons. The monoisotopic (exact) mass is 282 g/mol. The van der Waals surface area contributed by atoms with Gasteiger partial charge in [-0.15, -0.1) is 0 Å². The van der Waals surface area contributed by atoms with Crippen molar-refractivity contribution in [3.05, 3.63) is 29.8 Å². The Morgan fingerprint density at radius 3 is 2.74 bits per heavy atom. The lowest BCUT2D eigenvalue weighted by molar-refractivity contribution is -0.129. The SMILES string of the molecule is CC[C@@H](OC)C(=O)NS(=O)(=O)c1cccc(C#N)c1. The third-order valence-corrected chi connectivity index (χ3v) is 3.80. The van der Waals surface area contributed by atoms with Crippen LogP contribution in [0, 0.1) is 11.3 Å². The molecule has 1 aromatic rings. The molecule has 0 unspecified atom stereocenters. The molecular weight excluding hydrogens is 268 g/mol. The van der Waals surface area contributed by atoms with Gasteiger partial charge in [-0.1, -0.05) is 13.0 Å². The summed E-state index contributed by atoms with van der Waals surface area (Å²) in [7, 11) is -2.66. The molecule has 7 heteroatoms. The van der Waals surface area contributed by atoms with Gasteiger partial charge in [-0.2, -0.15) is 5.26 Å². The first-order chi connectivity index (χ1) is 8.94. The molecule has 0 spiro atoms. The zero-order valence-corrected chi connectivity index (χ0v) is 11.4. The summed E-state index contributed by atoms with van der Waals surface area (Å²) in [4.78, 5) is 11.5. The second-order valence-electron chi connectivity index (χ2n) is 3.74. The van der Waals surface area contributed by atoms with E-state index in [0.29, 0.717) is 6.42 Å². The Bertz CT molecular complexity index is 600. The lowest BCUT2D eigenvalue weighted by Gasteiger charge is -2.13. The number of methoxy groups -OCH3 is 1. The van der Waals surface area contributed by atoms with E-state index in [9.17, 15) is 13.2 Å². The lowest BCUT2D eigenvalue weighted by Crippen LogP contribution is -2.39. The summed E-state index contributed by atoms with van der Waals surface area (Å²) in [6.45, 7) is 1.71. The van der Waals surface area contributed by atoms with E-state index in [4.69, 9.17) is 10.00 Å². The highest BCUT2D eigenvalue weighted by Gasteiger charge is 2.23. The van der Waals surface area contributed by atoms with Crippen LogP contribution in [0.25, 0.3) is 0 Å². The van der Waals surface area contributed by atoms with E-state index >= 15 is 0 Å². The fraction of sp³-hybridized carbons (Fsp3) is 0.333. The van der Waals surface area contributed by atoms with Gasteiger partial charge >= 0.3 is 0 Å². The van der Waals surface area contributed by atoms with E-state index in [1.807, 2.05) is 10.8 Å². The summed E-state index contributed by atoms with van der Waals surface area (Å²) in [6.07, 6.45) is -0.468. The van der Waals surface area contributed by atoms with Crippen molar-refractivity contribution in [2.24, 2.45) is 0 Å². The standard InChI is InChI=1S/C12H14N2O4S/c1-3-11(18-2)12(15)14-19(16,17)10-6-4-5-9(7-10)8-13/h4-7,11H,3H2,1-2H3,(H,14,15)/t11-/m1/s1. The molecule has 0 fully saturated rings. The van der Waals surface area contributed by atoms with E-state index in [2.05, 4.69) is 0 Å². The molecule has 6 nitrogen and oxygen atoms in total. The van der Waals surface area contributed by atoms with Crippen LogP contribution in [0.1, 0.15) is 18.9 Å². The summed E-state index contributed by atoms with van der Waals surface area (Å²) >= 11 is 0. The Morgan fingerprint density at radius 2 is 2.21 bits per heavy atom. The number of benzene rings is 1. The maximum absolute atomic E-state index is 12.0. The number of hydrogen-bond acceptors (Lipinski definition) is 5. The maximum Gasteiger partial charge on any atom is 0.264 e. The van der Waals surface area contributed by atoms with Gasteiger partial charge in [0.1, 0.15) is 6.10 Å². The molecule has 1 aromatic carbocycles. The minimum absolute atomic E-state index is 0.133. The second-order valence-corrected chi connectivity index (χ2v) is 5.42. The highest BCUT2D eigenvalue weighted by molar-refractivity contribution is 7.90. The van der Waals surface area contributed by atoms with Gasteiger partial charge in [0.05, 0.1) is 16.5 Å². The molecule has 1 atom stereocenters. The van der Waals surface area contributed by atoms with Crippen molar-refractivity contribution in [2.75, 3.05) is 7.11 Å². The first-order valence-electron chi connectivity index (χ1n) is 5.54. The van der Waals surface area contributed by atoms with Gasteiger partial charge in [-0.05, 0) is 24.6 Å². The molecule has 0 aliphatic heterocycles. The molecule has 1 N–H and O–H groups in total. The number of nitrogens with one attached hydrogen (secondary N) is 1. The summed E-state index contributed by atoms with van der Waals surface area (Å²) in [6, 6.07) is 7.26. The molecular formula is C12H14N2O4S. The van der Waals surface area contributed by atoms with Crippen molar-refractivity contribution < 1.29 is 17.9 Å². The van der Waals surface area contributed by atoms with E-state index in [0.717, 1.165) is 0 Å². The number of ether oxygens (including phenoxy) is 1. The third-order valence-electron chi connectivity index (χ3n) is 2.46. The van der Waals surface area contributed by atoms with Gasteiger partial charge in [0.25, 0.3) is 15.9 Å². The molecule has 19 heavy (non-hydrogen) atoms. The van der Waals surface area contributed by atoms with E-state index in [1.54, 1.807) is 6.92 Å². The fourth-order valence-corrected chi connectivity index (χ4v) is 2.50. The van der Waals surface area contributed by atoms with Crippen molar-refractivity contribution in [1.29, 1.82) is 5.26 Å². The van der Waals surface area contributed by atoms with E-state index in [1.165, 1.54) is 31.4 Å². The molecule has 0 saturated heterocycles. The minimum atomic E-state index is -3.99. The van der Waals surface area contributed by atoms with Gasteiger partial charge in [0.2, 0.25) is 0 Å². The number of rotatable bonds is 5. The number of amides is 1. The van der Waals surface area contributed by atoms with Gasteiger partial charge in [-0.3, -0.25) is 4.79 Å². The van der Waals surface area contributed by atoms with Crippen LogP contribution in [-0.4, -0.2) is 27.5 Å². The van der Waals surface area contributed by atoms with Crippen molar-refractivity contribution in [1.82, 2.24) is 4.72 Å². The smallest absolute Gasteiger partial charge is 0.264 e. The van der Waals surface area contributed by atoms with Crippen LogP contribution >= 0.6 is 0 Å². The van der Waals surface area contributed by atoms with E-state index in [-0.39, 0.29) is 10.5 Å². The van der Waals surface area contributed by atoms with Gasteiger partial charge in [0.15, 0.2) is 0 Å². The Kier molecular flexibility index (Phi) is 5.03. The summed E-state index contributed by atoms with van der Waals surface area (Å²) in [5.74, 6) is -0.729. The highest BCUT2D eigenvalue weighted by Crippen LogP contribution is 2.11. The van der Waals surface area contributed by atoms with Gasteiger partial charge in [0, 0.05) is 7.11 Å². The zero-order valence-electron chi connectivity index (χ0n) is 10.6. The first-order valence-corrected chi connectivity index (χ1v) is 7.02. The highest BCUT2D eigenvalue weighted by atomic mass is 32.2. The third kappa shape index (κ3) is 3.77. The molecule has 0 saturated carbocycles. The van der Waals surface area contributed by atoms with Gasteiger partial charge < -0.3 is 4.74 Å². The first kappa shape index (κ1) is 15.1. The van der Waals surface area contributed by atoms with Crippen LogP contribution in [0.15, 0.2) is 29.2 Å². The fourth-order valence-electron chi connectivity index (χ4n) is 1.45. The Hall–Kier alpha value is -1.91. The quantitative estimate of drug-likeness (QED) is 0.861. The average molecular weight is 282 g/mol. The number of sulfonamides is 1. The molecule has 1 amide bonds. The minimum Gasteiger partial charge on any atom is -0.372 e. The van der Waals surface area contributed by atoms with Crippen molar-refractivity contribution in [3.8, 4) is 6.07 Å². The number of nitriles is 1. The molecule has 0 heterocycles. The van der Waals surface area contributed by atoms with Crippen LogP contribution in [0.2, 0.25) is 0 Å². The van der Waals surface area contributed by atoms with Crippen LogP contribution in [-0.2, 0) is 19.6 Å². The lowest BCUT2D eigenvalue weighted by atomic mass is 10.2. The molecule has 0 bridgehead atoms. The van der Waals surface area contributed by atoms with Crippen LogP contribution in [0.3, 0.4) is 0 Å². The van der Waals surface area contributed by atoms with E-state index < -0.39 is 22.0 Å². The van der Waals surface area contributed by atoms with Crippen LogP contribution in [0.4, 0.5) is 0 Å². The Balaban J connectivity index is 2.99. The largest absolute Gasteiger partial charge is 0.372 e. The second kappa shape index (κ2) is 6.31. The predicted octanol–water partition coefficient (Wildman–Crippen LogP) is 0.788. The number of carbonyl (C=O) groups excluding carboxylic acids is 1. The molecule has 0 aliphatic carbocycles. The number of nitrogens with zero attached hydrogens (tertiary/aromatic N) is 1. The molecule has 0 aliphatic rings. The molecule has 0 aromatic heterocycles. The van der Waals surface area contributed by atoms with Crippen molar-refractivity contribution in [2.45, 2.75) is 24.3 Å². The number of hydrogen-bond donors (Lipinski definition) is 1. The summed E-state index contributed by atoms with van der Waals surface area (Å²) in [5, 5.41) is 8.72. The topological polar surface area (TPSA) is 96.3 Å². The summed E-state index contributed by atoms with van der Waals surface area (Å²) in [5.41, 5.74) is 0.203. The van der Waals surface area contributed by atoms with Crippen molar-refractivity contribution >= 4 is 15.9 Å². The molecule has 102 valence electrons. The predicted molar refractivity (Wildman–Crippen MR) is 67.6 cm³/mol. The Morgan fingerprint density at radius 1 is 1.53 bits per heavy atom. The van der Waals surface area contributed by atoms with Crippen LogP contribution in [0.5, 0.6) is 0 Å². The zero-order chi connectivity index (χ0) is 14.5. The average Bonchev–Trinajstić information content (AvgIpc) is 2.39. The van der Waals surface area contributed by atoms with Crippen LogP contribution < -0.4 is 4.72 Å². The van der Waals surface area contributed by atoms with Gasteiger partial charge in [-0.25, -0.2) is 13.1 Å². The molecule has 1 rings (SSSR count). The maximum atomic E-state index is 12.0. The normalized spacial score (nSPS) is 12.5.